The quantitative estimate of drug-likeness (QED) is 0.591. The van der Waals surface area contributed by atoms with Gasteiger partial charge >= 0.3 is 0 Å². The number of anilines is 2. The molecule has 0 bridgehead atoms. The van der Waals surface area contributed by atoms with Gasteiger partial charge in [-0.1, -0.05) is 28.9 Å². The number of nitrogens with one attached hydrogen (secondary N) is 1. The second-order valence-electron chi connectivity index (χ2n) is 5.01. The van der Waals surface area contributed by atoms with Crippen molar-refractivity contribution in [3.8, 4) is 17.0 Å². The van der Waals surface area contributed by atoms with Gasteiger partial charge in [-0.05, 0) is 48.9 Å². The van der Waals surface area contributed by atoms with E-state index >= 15 is 0 Å². The summed E-state index contributed by atoms with van der Waals surface area (Å²) in [5.41, 5.74) is 3.18. The number of methoxy groups -OCH3 is 1. The lowest BCUT2D eigenvalue weighted by atomic mass is 10.1. The van der Waals surface area contributed by atoms with Crippen molar-refractivity contribution in [3.05, 3.63) is 57.9 Å². The predicted molar refractivity (Wildman–Crippen MR) is 101 cm³/mol. The molecule has 0 aliphatic heterocycles. The molecule has 0 saturated heterocycles. The van der Waals surface area contributed by atoms with E-state index < -0.39 is 0 Å². The van der Waals surface area contributed by atoms with Crippen molar-refractivity contribution >= 4 is 38.1 Å². The monoisotopic (exact) mass is 388 g/mol. The zero-order chi connectivity index (χ0) is 16.2. The van der Waals surface area contributed by atoms with Crippen molar-refractivity contribution < 1.29 is 4.74 Å². The van der Waals surface area contributed by atoms with Crippen LogP contribution in [0.25, 0.3) is 11.3 Å². The van der Waals surface area contributed by atoms with Gasteiger partial charge in [0.2, 0.25) is 0 Å². The molecule has 0 spiro atoms. The van der Waals surface area contributed by atoms with Crippen LogP contribution < -0.4 is 10.1 Å². The van der Waals surface area contributed by atoms with Gasteiger partial charge in [0.1, 0.15) is 5.75 Å². The normalized spacial score (nSPS) is 10.6. The minimum absolute atomic E-state index is 0.856. The molecule has 23 heavy (non-hydrogen) atoms. The van der Waals surface area contributed by atoms with Crippen LogP contribution in [0.1, 0.15) is 11.8 Å². The van der Waals surface area contributed by atoms with E-state index in [0.717, 1.165) is 38.7 Å². The van der Waals surface area contributed by atoms with Crippen LogP contribution in [-0.2, 0) is 6.42 Å². The van der Waals surface area contributed by atoms with Crippen LogP contribution in [0.5, 0.6) is 5.75 Å². The van der Waals surface area contributed by atoms with E-state index in [-0.39, 0.29) is 0 Å². The molecule has 1 N–H and O–H groups in total. The molecule has 0 unspecified atom stereocenters. The van der Waals surface area contributed by atoms with Crippen LogP contribution in [0, 0.1) is 0 Å². The Balaban J connectivity index is 1.90. The molecule has 0 amide bonds. The summed E-state index contributed by atoms with van der Waals surface area (Å²) in [5, 5.41) is 4.29. The molecular formula is C18H17BrN2OS. The smallest absolute Gasteiger partial charge is 0.187 e. The Morgan fingerprint density at radius 3 is 2.61 bits per heavy atom. The molecule has 0 aliphatic carbocycles. The van der Waals surface area contributed by atoms with Crippen LogP contribution in [0.3, 0.4) is 0 Å². The molecule has 5 heteroatoms. The molecule has 3 aromatic rings. The van der Waals surface area contributed by atoms with E-state index in [0.29, 0.717) is 0 Å². The lowest BCUT2D eigenvalue weighted by Gasteiger charge is -2.03. The van der Waals surface area contributed by atoms with E-state index in [4.69, 9.17) is 9.72 Å². The first kappa shape index (κ1) is 16.0. The third-order valence-electron chi connectivity index (χ3n) is 3.46. The largest absolute Gasteiger partial charge is 0.497 e. The number of thiazole rings is 1. The van der Waals surface area contributed by atoms with Crippen molar-refractivity contribution in [2.24, 2.45) is 0 Å². The topological polar surface area (TPSA) is 34.2 Å². The molecule has 0 radical (unpaired) electrons. The van der Waals surface area contributed by atoms with E-state index in [1.807, 2.05) is 36.4 Å². The van der Waals surface area contributed by atoms with Crippen LogP contribution in [0.4, 0.5) is 10.8 Å². The number of hydrogen-bond donors (Lipinski definition) is 1. The molecule has 0 fully saturated rings. The van der Waals surface area contributed by atoms with Gasteiger partial charge < -0.3 is 10.1 Å². The highest BCUT2D eigenvalue weighted by atomic mass is 79.9. The van der Waals surface area contributed by atoms with Gasteiger partial charge in [-0.2, -0.15) is 0 Å². The first-order valence-corrected chi connectivity index (χ1v) is 8.97. The Labute approximate surface area is 148 Å². The zero-order valence-electron chi connectivity index (χ0n) is 13.0. The summed E-state index contributed by atoms with van der Waals surface area (Å²) in [4.78, 5) is 6.05. The van der Waals surface area contributed by atoms with E-state index in [1.165, 1.54) is 4.88 Å². The van der Waals surface area contributed by atoms with Crippen LogP contribution in [-0.4, -0.2) is 12.1 Å². The standard InChI is InChI=1S/C18H17BrN2OS/c1-3-16-17(12-7-9-15(22-2)10-8-12)21-18(23-16)20-14-6-4-5-13(19)11-14/h4-11H,3H2,1-2H3,(H,20,21). The average Bonchev–Trinajstić information content (AvgIpc) is 2.98. The maximum absolute atomic E-state index is 5.22. The molecule has 0 aliphatic rings. The van der Waals surface area contributed by atoms with Gasteiger partial charge in [-0.3, -0.25) is 0 Å². The Bertz CT molecular complexity index is 799. The maximum Gasteiger partial charge on any atom is 0.187 e. The highest BCUT2D eigenvalue weighted by molar-refractivity contribution is 9.10. The molecule has 1 heterocycles. The van der Waals surface area contributed by atoms with E-state index in [9.17, 15) is 0 Å². The molecular weight excluding hydrogens is 372 g/mol. The van der Waals surface area contributed by atoms with Gasteiger partial charge in [0.15, 0.2) is 5.13 Å². The minimum Gasteiger partial charge on any atom is -0.497 e. The Kier molecular flexibility index (Phi) is 4.98. The molecule has 0 atom stereocenters. The highest BCUT2D eigenvalue weighted by Gasteiger charge is 2.12. The van der Waals surface area contributed by atoms with Crippen molar-refractivity contribution in [2.45, 2.75) is 13.3 Å². The molecule has 1 aromatic heterocycles. The molecule has 118 valence electrons. The lowest BCUT2D eigenvalue weighted by Crippen LogP contribution is -1.89. The fourth-order valence-corrected chi connectivity index (χ4v) is 3.65. The zero-order valence-corrected chi connectivity index (χ0v) is 15.4. The van der Waals surface area contributed by atoms with Gasteiger partial charge in [0.05, 0.1) is 12.8 Å². The van der Waals surface area contributed by atoms with Crippen LogP contribution in [0.2, 0.25) is 0 Å². The first-order valence-electron chi connectivity index (χ1n) is 7.36. The number of benzene rings is 2. The molecule has 0 saturated carbocycles. The molecule has 2 aromatic carbocycles. The minimum atomic E-state index is 0.856. The first-order chi connectivity index (χ1) is 11.2. The van der Waals surface area contributed by atoms with E-state index in [1.54, 1.807) is 18.4 Å². The second kappa shape index (κ2) is 7.15. The number of hydrogen-bond acceptors (Lipinski definition) is 4. The van der Waals surface area contributed by atoms with Crippen molar-refractivity contribution in [3.63, 3.8) is 0 Å². The molecule has 3 nitrogen and oxygen atoms in total. The number of rotatable bonds is 5. The highest BCUT2D eigenvalue weighted by Crippen LogP contribution is 2.34. The Morgan fingerprint density at radius 2 is 1.96 bits per heavy atom. The fraction of sp³-hybridized carbons (Fsp3) is 0.167. The van der Waals surface area contributed by atoms with Crippen molar-refractivity contribution in [1.82, 2.24) is 4.98 Å². The maximum atomic E-state index is 5.22. The lowest BCUT2D eigenvalue weighted by molar-refractivity contribution is 0.415. The Hall–Kier alpha value is -1.85. The molecule has 3 rings (SSSR count). The summed E-state index contributed by atoms with van der Waals surface area (Å²) in [6.45, 7) is 2.16. The summed E-state index contributed by atoms with van der Waals surface area (Å²) in [5.74, 6) is 0.856. The van der Waals surface area contributed by atoms with Gasteiger partial charge in [0.25, 0.3) is 0 Å². The second-order valence-corrected chi connectivity index (χ2v) is 7.01. The van der Waals surface area contributed by atoms with Crippen molar-refractivity contribution in [2.75, 3.05) is 12.4 Å². The average molecular weight is 389 g/mol. The van der Waals surface area contributed by atoms with Gasteiger partial charge in [0, 0.05) is 20.6 Å². The number of nitrogens with zero attached hydrogens (tertiary/aromatic N) is 1. The number of aryl methyl sites for hydroxylation is 1. The summed E-state index contributed by atoms with van der Waals surface area (Å²) in [7, 11) is 1.68. The number of ether oxygens (including phenoxy) is 1. The fourth-order valence-electron chi connectivity index (χ4n) is 2.31. The third kappa shape index (κ3) is 3.74. The van der Waals surface area contributed by atoms with Gasteiger partial charge in [-0.15, -0.1) is 11.3 Å². The summed E-state index contributed by atoms with van der Waals surface area (Å²) < 4.78 is 6.27. The van der Waals surface area contributed by atoms with Crippen LogP contribution in [0.15, 0.2) is 53.0 Å². The summed E-state index contributed by atoms with van der Waals surface area (Å²) in [6.07, 6.45) is 0.958. The van der Waals surface area contributed by atoms with E-state index in [2.05, 4.69) is 40.3 Å². The summed E-state index contributed by atoms with van der Waals surface area (Å²) >= 11 is 5.19. The SMILES string of the molecule is CCc1sc(Nc2cccc(Br)c2)nc1-c1ccc(OC)cc1. The van der Waals surface area contributed by atoms with Gasteiger partial charge in [-0.25, -0.2) is 4.98 Å². The third-order valence-corrected chi connectivity index (χ3v) is 5.07. The summed E-state index contributed by atoms with van der Waals surface area (Å²) in [6, 6.07) is 16.1. The van der Waals surface area contributed by atoms with Crippen molar-refractivity contribution in [1.29, 1.82) is 0 Å². The number of halogens is 1. The van der Waals surface area contributed by atoms with Crippen LogP contribution >= 0.6 is 27.3 Å². The number of aromatic nitrogens is 1. The Morgan fingerprint density at radius 1 is 1.17 bits per heavy atom. The predicted octanol–water partition coefficient (Wildman–Crippen LogP) is 5.89.